The maximum atomic E-state index is 13.8. The number of pyridine rings is 1. The SMILES string of the molecule is O=C1C(=Cc2ccc(-c3cccnc3F)o2)SC(=S)N1C1CCCC1. The number of furan rings is 1. The van der Waals surface area contributed by atoms with Crippen LogP contribution in [-0.2, 0) is 4.79 Å². The molecule has 0 spiro atoms. The molecule has 0 N–H and O–H groups in total. The van der Waals surface area contributed by atoms with Crippen molar-refractivity contribution >= 4 is 40.3 Å². The van der Waals surface area contributed by atoms with E-state index in [2.05, 4.69) is 4.98 Å². The molecule has 7 heteroatoms. The van der Waals surface area contributed by atoms with Crippen LogP contribution in [0.25, 0.3) is 17.4 Å². The molecule has 3 heterocycles. The molecule has 1 amide bonds. The molecular formula is C18H15FN2O2S2. The lowest BCUT2D eigenvalue weighted by Crippen LogP contribution is -2.36. The van der Waals surface area contributed by atoms with Gasteiger partial charge in [0.1, 0.15) is 15.8 Å². The van der Waals surface area contributed by atoms with E-state index >= 15 is 0 Å². The number of rotatable bonds is 3. The van der Waals surface area contributed by atoms with E-state index in [1.165, 1.54) is 18.0 Å². The highest BCUT2D eigenvalue weighted by Gasteiger charge is 2.38. The number of halogens is 1. The molecule has 2 aliphatic rings. The maximum absolute atomic E-state index is 13.8. The molecule has 1 aliphatic carbocycles. The minimum Gasteiger partial charge on any atom is -0.457 e. The van der Waals surface area contributed by atoms with Crippen molar-refractivity contribution in [2.45, 2.75) is 31.7 Å². The van der Waals surface area contributed by atoms with Crippen LogP contribution < -0.4 is 0 Å². The van der Waals surface area contributed by atoms with Crippen LogP contribution in [0.15, 0.2) is 39.8 Å². The second-order valence-electron chi connectivity index (χ2n) is 6.03. The molecule has 1 saturated carbocycles. The Kier molecular flexibility index (Phi) is 4.43. The third-order valence-electron chi connectivity index (χ3n) is 4.44. The summed E-state index contributed by atoms with van der Waals surface area (Å²) < 4.78 is 20.0. The number of carbonyl (C=O) groups is 1. The van der Waals surface area contributed by atoms with Gasteiger partial charge in [-0.25, -0.2) is 4.98 Å². The molecule has 4 rings (SSSR count). The van der Waals surface area contributed by atoms with Crippen molar-refractivity contribution in [1.29, 1.82) is 0 Å². The smallest absolute Gasteiger partial charge is 0.266 e. The van der Waals surface area contributed by atoms with Gasteiger partial charge in [-0.2, -0.15) is 4.39 Å². The van der Waals surface area contributed by atoms with Crippen LogP contribution in [0.3, 0.4) is 0 Å². The Bertz CT molecular complexity index is 871. The third-order valence-corrected chi connectivity index (χ3v) is 5.77. The van der Waals surface area contributed by atoms with Crippen molar-refractivity contribution in [1.82, 2.24) is 9.88 Å². The molecular weight excluding hydrogens is 359 g/mol. The summed E-state index contributed by atoms with van der Waals surface area (Å²) in [5.74, 6) is 0.219. The van der Waals surface area contributed by atoms with E-state index in [1.54, 1.807) is 35.2 Å². The molecule has 1 aliphatic heterocycles. The van der Waals surface area contributed by atoms with Gasteiger partial charge in [0.25, 0.3) is 5.91 Å². The predicted octanol–water partition coefficient (Wildman–Crippen LogP) is 4.62. The normalized spacial score (nSPS) is 20.2. The first-order valence-corrected chi connectivity index (χ1v) is 9.34. The minimum absolute atomic E-state index is 0.0626. The number of aromatic nitrogens is 1. The number of nitrogens with zero attached hydrogens (tertiary/aromatic N) is 2. The standard InChI is InChI=1S/C18H15FN2O2S2/c19-16-13(6-3-9-20-16)14-8-7-12(23-14)10-15-17(22)21(18(24)25-15)11-4-1-2-5-11/h3,6-11H,1-2,4-5H2. The van der Waals surface area contributed by atoms with Gasteiger partial charge >= 0.3 is 0 Å². The van der Waals surface area contributed by atoms with Crippen LogP contribution in [0.5, 0.6) is 0 Å². The van der Waals surface area contributed by atoms with Gasteiger partial charge in [-0.1, -0.05) is 36.8 Å². The van der Waals surface area contributed by atoms with Crippen molar-refractivity contribution in [2.24, 2.45) is 0 Å². The predicted molar refractivity (Wildman–Crippen MR) is 99.2 cm³/mol. The topological polar surface area (TPSA) is 46.3 Å². The van der Waals surface area contributed by atoms with E-state index < -0.39 is 5.95 Å². The van der Waals surface area contributed by atoms with E-state index in [0.29, 0.717) is 26.3 Å². The molecule has 0 radical (unpaired) electrons. The third kappa shape index (κ3) is 3.14. The summed E-state index contributed by atoms with van der Waals surface area (Å²) >= 11 is 6.68. The Morgan fingerprint density at radius 3 is 2.88 bits per heavy atom. The Labute approximate surface area is 154 Å². The van der Waals surface area contributed by atoms with Crippen molar-refractivity contribution in [2.75, 3.05) is 0 Å². The monoisotopic (exact) mass is 374 g/mol. The van der Waals surface area contributed by atoms with E-state index in [0.717, 1.165) is 25.7 Å². The molecule has 0 bridgehead atoms. The molecule has 2 fully saturated rings. The van der Waals surface area contributed by atoms with Crippen molar-refractivity contribution < 1.29 is 13.6 Å². The minimum atomic E-state index is -0.587. The van der Waals surface area contributed by atoms with Crippen LogP contribution in [-0.4, -0.2) is 26.2 Å². The Morgan fingerprint density at radius 1 is 1.32 bits per heavy atom. The summed E-state index contributed by atoms with van der Waals surface area (Å²) in [7, 11) is 0. The second-order valence-corrected chi connectivity index (χ2v) is 7.71. The van der Waals surface area contributed by atoms with Crippen molar-refractivity contribution in [3.05, 3.63) is 47.1 Å². The molecule has 2 aromatic heterocycles. The van der Waals surface area contributed by atoms with Gasteiger partial charge < -0.3 is 4.42 Å². The molecule has 2 aromatic rings. The van der Waals surface area contributed by atoms with Gasteiger partial charge in [-0.05, 0) is 37.1 Å². The number of thioether (sulfide) groups is 1. The van der Waals surface area contributed by atoms with Crippen LogP contribution in [0, 0.1) is 5.95 Å². The number of carbonyl (C=O) groups excluding carboxylic acids is 1. The highest BCUT2D eigenvalue weighted by Crippen LogP contribution is 2.38. The molecule has 0 unspecified atom stereocenters. The fourth-order valence-electron chi connectivity index (χ4n) is 3.23. The van der Waals surface area contributed by atoms with E-state index in [1.807, 2.05) is 0 Å². The summed E-state index contributed by atoms with van der Waals surface area (Å²) in [6, 6.07) is 6.85. The first-order valence-electron chi connectivity index (χ1n) is 8.11. The number of hydrogen-bond acceptors (Lipinski definition) is 5. The Morgan fingerprint density at radius 2 is 2.12 bits per heavy atom. The first-order chi connectivity index (χ1) is 12.1. The lowest BCUT2D eigenvalue weighted by molar-refractivity contribution is -0.123. The number of thiocarbonyl (C=S) groups is 1. The average Bonchev–Trinajstić information content (AvgIpc) is 3.31. The number of amides is 1. The fourth-order valence-corrected chi connectivity index (χ4v) is 4.61. The maximum Gasteiger partial charge on any atom is 0.266 e. The zero-order valence-corrected chi connectivity index (χ0v) is 14.9. The van der Waals surface area contributed by atoms with Gasteiger partial charge in [0.2, 0.25) is 5.95 Å². The van der Waals surface area contributed by atoms with E-state index in [4.69, 9.17) is 16.6 Å². The Hall–Kier alpha value is -1.99. The van der Waals surface area contributed by atoms with Gasteiger partial charge in [-0.3, -0.25) is 9.69 Å². The summed E-state index contributed by atoms with van der Waals surface area (Å²) in [5, 5.41) is 0. The van der Waals surface area contributed by atoms with Crippen LogP contribution in [0.2, 0.25) is 0 Å². The van der Waals surface area contributed by atoms with E-state index in [9.17, 15) is 9.18 Å². The fraction of sp³-hybridized carbons (Fsp3) is 0.278. The highest BCUT2D eigenvalue weighted by atomic mass is 32.2. The Balaban J connectivity index is 1.58. The zero-order chi connectivity index (χ0) is 17.4. The molecule has 1 saturated heterocycles. The average molecular weight is 374 g/mol. The lowest BCUT2D eigenvalue weighted by atomic mass is 10.2. The van der Waals surface area contributed by atoms with Crippen molar-refractivity contribution in [3.8, 4) is 11.3 Å². The lowest BCUT2D eigenvalue weighted by Gasteiger charge is -2.21. The summed E-state index contributed by atoms with van der Waals surface area (Å²) in [4.78, 5) is 18.6. The summed E-state index contributed by atoms with van der Waals surface area (Å²) in [5.41, 5.74) is 0.292. The quantitative estimate of drug-likeness (QED) is 0.445. The second kappa shape index (κ2) is 6.72. The van der Waals surface area contributed by atoms with E-state index in [-0.39, 0.29) is 11.9 Å². The van der Waals surface area contributed by atoms with Crippen LogP contribution >= 0.6 is 24.0 Å². The summed E-state index contributed by atoms with van der Waals surface area (Å²) in [6.07, 6.45) is 7.34. The van der Waals surface area contributed by atoms with Crippen molar-refractivity contribution in [3.63, 3.8) is 0 Å². The zero-order valence-electron chi connectivity index (χ0n) is 13.3. The number of hydrogen-bond donors (Lipinski definition) is 0. The van der Waals surface area contributed by atoms with Gasteiger partial charge in [0, 0.05) is 18.3 Å². The van der Waals surface area contributed by atoms with Crippen LogP contribution in [0.1, 0.15) is 31.4 Å². The molecule has 4 nitrogen and oxygen atoms in total. The van der Waals surface area contributed by atoms with Gasteiger partial charge in [0.05, 0.1) is 10.5 Å². The van der Waals surface area contributed by atoms with Crippen LogP contribution in [0.4, 0.5) is 4.39 Å². The molecule has 0 aromatic carbocycles. The van der Waals surface area contributed by atoms with Gasteiger partial charge in [-0.15, -0.1) is 0 Å². The largest absolute Gasteiger partial charge is 0.457 e. The molecule has 128 valence electrons. The first kappa shape index (κ1) is 16.5. The molecule has 25 heavy (non-hydrogen) atoms. The van der Waals surface area contributed by atoms with Gasteiger partial charge in [0.15, 0.2) is 0 Å². The highest BCUT2D eigenvalue weighted by molar-refractivity contribution is 8.26. The molecule has 0 atom stereocenters. The summed E-state index contributed by atoms with van der Waals surface area (Å²) in [6.45, 7) is 0.